The van der Waals surface area contributed by atoms with Crippen molar-refractivity contribution < 1.29 is 14.3 Å². The Morgan fingerprint density at radius 3 is 2.92 bits per heavy atom. The van der Waals surface area contributed by atoms with Gasteiger partial charge in [-0.15, -0.1) is 0 Å². The number of amides is 1. The van der Waals surface area contributed by atoms with Gasteiger partial charge in [-0.05, 0) is 38.1 Å². The molecule has 24 heavy (non-hydrogen) atoms. The van der Waals surface area contributed by atoms with Crippen LogP contribution in [0.15, 0.2) is 36.4 Å². The smallest absolute Gasteiger partial charge is 0.253 e. The zero-order valence-electron chi connectivity index (χ0n) is 13.8. The van der Waals surface area contributed by atoms with E-state index in [1.807, 2.05) is 26.0 Å². The Labute approximate surface area is 146 Å². The van der Waals surface area contributed by atoms with Crippen molar-refractivity contribution in [3.8, 4) is 11.5 Å². The molecule has 0 saturated heterocycles. The molecule has 1 aliphatic rings. The lowest BCUT2D eigenvalue weighted by Gasteiger charge is -2.13. The topological polar surface area (TPSA) is 47.6 Å². The van der Waals surface area contributed by atoms with Gasteiger partial charge in [-0.1, -0.05) is 23.7 Å². The molecule has 0 saturated carbocycles. The highest BCUT2D eigenvalue weighted by Crippen LogP contribution is 2.35. The number of hydrogen-bond acceptors (Lipinski definition) is 3. The Balaban J connectivity index is 1.78. The highest BCUT2D eigenvalue weighted by Gasteiger charge is 2.22. The summed E-state index contributed by atoms with van der Waals surface area (Å²) in [5.74, 6) is 1.44. The van der Waals surface area contributed by atoms with Gasteiger partial charge >= 0.3 is 0 Å². The third-order valence-corrected chi connectivity index (χ3v) is 4.27. The second-order valence-electron chi connectivity index (χ2n) is 5.80. The maximum Gasteiger partial charge on any atom is 0.253 e. The van der Waals surface area contributed by atoms with Crippen LogP contribution in [0.3, 0.4) is 0 Å². The fourth-order valence-corrected chi connectivity index (χ4v) is 3.05. The number of nitrogens with one attached hydrogen (secondary N) is 1. The predicted octanol–water partition coefficient (Wildman–Crippen LogP) is 3.99. The van der Waals surface area contributed by atoms with E-state index in [2.05, 4.69) is 5.32 Å². The molecule has 0 radical (unpaired) electrons. The average molecular weight is 346 g/mol. The van der Waals surface area contributed by atoms with E-state index in [0.717, 1.165) is 29.0 Å². The third kappa shape index (κ3) is 3.49. The first-order valence-corrected chi connectivity index (χ1v) is 8.44. The summed E-state index contributed by atoms with van der Waals surface area (Å²) >= 11 is 6.07. The summed E-state index contributed by atoms with van der Waals surface area (Å²) in [5.41, 5.74) is 2.50. The van der Waals surface area contributed by atoms with E-state index in [-0.39, 0.29) is 12.0 Å². The number of hydrogen-bond donors (Lipinski definition) is 1. The van der Waals surface area contributed by atoms with Crippen molar-refractivity contribution in [1.82, 2.24) is 5.32 Å². The molecule has 0 fully saturated rings. The first kappa shape index (κ1) is 16.7. The number of halogens is 1. The molecule has 0 bridgehead atoms. The summed E-state index contributed by atoms with van der Waals surface area (Å²) in [6.07, 6.45) is 1.05. The molecule has 0 aliphatic carbocycles. The molecule has 1 heterocycles. The number of fused-ring (bicyclic) bond motifs is 1. The molecule has 1 N–H and O–H groups in total. The van der Waals surface area contributed by atoms with Gasteiger partial charge in [0.05, 0.1) is 17.2 Å². The summed E-state index contributed by atoms with van der Waals surface area (Å²) in [4.78, 5) is 12.3. The number of rotatable bonds is 5. The van der Waals surface area contributed by atoms with Crippen LogP contribution in [0.4, 0.5) is 0 Å². The van der Waals surface area contributed by atoms with E-state index >= 15 is 0 Å². The fourth-order valence-electron chi connectivity index (χ4n) is 2.83. The number of carbonyl (C=O) groups is 1. The second-order valence-corrected chi connectivity index (χ2v) is 6.20. The van der Waals surface area contributed by atoms with Gasteiger partial charge in [0.1, 0.15) is 17.6 Å². The molecule has 0 unspecified atom stereocenters. The summed E-state index contributed by atoms with van der Waals surface area (Å²) in [5, 5.41) is 3.33. The highest BCUT2D eigenvalue weighted by molar-refractivity contribution is 6.33. The van der Waals surface area contributed by atoms with E-state index in [0.29, 0.717) is 23.7 Å². The number of ether oxygens (including phenoxy) is 2. The molecular weight excluding hydrogens is 326 g/mol. The van der Waals surface area contributed by atoms with E-state index in [4.69, 9.17) is 21.1 Å². The number of benzene rings is 2. The van der Waals surface area contributed by atoms with Crippen molar-refractivity contribution in [1.29, 1.82) is 0 Å². The van der Waals surface area contributed by atoms with Crippen LogP contribution < -0.4 is 14.8 Å². The number of carbonyl (C=O) groups excluding carboxylic acids is 1. The van der Waals surface area contributed by atoms with Gasteiger partial charge in [0, 0.05) is 24.1 Å². The van der Waals surface area contributed by atoms with Crippen LogP contribution in [0.5, 0.6) is 11.5 Å². The molecular formula is C19H20ClNO3. The van der Waals surface area contributed by atoms with Crippen LogP contribution in [0, 0.1) is 0 Å². The average Bonchev–Trinajstić information content (AvgIpc) is 2.92. The summed E-state index contributed by atoms with van der Waals surface area (Å²) in [7, 11) is 0. The molecule has 126 valence electrons. The molecule has 5 heteroatoms. The quantitative estimate of drug-likeness (QED) is 0.891. The van der Waals surface area contributed by atoms with E-state index in [1.54, 1.807) is 24.3 Å². The van der Waals surface area contributed by atoms with E-state index in [1.165, 1.54) is 0 Å². The van der Waals surface area contributed by atoms with Gasteiger partial charge in [0.2, 0.25) is 0 Å². The van der Waals surface area contributed by atoms with Crippen molar-refractivity contribution in [3.63, 3.8) is 0 Å². The van der Waals surface area contributed by atoms with Gasteiger partial charge in [-0.3, -0.25) is 4.79 Å². The standard InChI is InChI=1S/C19H20ClNO3/c1-3-23-17-9-13-8-12(2)24-18(13)10-14(17)11-21-19(22)15-6-4-5-7-16(15)20/h4-7,9-10,12H,3,8,11H2,1-2H3,(H,21,22)/t12-/m1/s1. The third-order valence-electron chi connectivity index (χ3n) is 3.94. The second kappa shape index (κ2) is 7.14. The van der Waals surface area contributed by atoms with Crippen molar-refractivity contribution in [2.24, 2.45) is 0 Å². The van der Waals surface area contributed by atoms with Crippen LogP contribution in [-0.4, -0.2) is 18.6 Å². The lowest BCUT2D eigenvalue weighted by atomic mass is 10.1. The van der Waals surface area contributed by atoms with E-state index < -0.39 is 0 Å². The molecule has 3 rings (SSSR count). The van der Waals surface area contributed by atoms with Gasteiger partial charge in [-0.25, -0.2) is 0 Å². The van der Waals surface area contributed by atoms with Crippen LogP contribution >= 0.6 is 11.6 Å². The SMILES string of the molecule is CCOc1cc2c(cc1CNC(=O)c1ccccc1Cl)O[C@H](C)C2. The monoisotopic (exact) mass is 345 g/mol. The van der Waals surface area contributed by atoms with Gasteiger partial charge in [0.25, 0.3) is 5.91 Å². The lowest BCUT2D eigenvalue weighted by molar-refractivity contribution is 0.0950. The molecule has 2 aromatic rings. The molecule has 0 spiro atoms. The molecule has 1 amide bonds. The molecule has 1 atom stereocenters. The predicted molar refractivity (Wildman–Crippen MR) is 94.0 cm³/mol. The Bertz CT molecular complexity index is 760. The van der Waals surface area contributed by atoms with Crippen LogP contribution in [0.1, 0.15) is 35.3 Å². The Morgan fingerprint density at radius 1 is 1.38 bits per heavy atom. The minimum Gasteiger partial charge on any atom is -0.494 e. The Hall–Kier alpha value is -2.20. The summed E-state index contributed by atoms with van der Waals surface area (Å²) < 4.78 is 11.5. The van der Waals surface area contributed by atoms with Gasteiger partial charge < -0.3 is 14.8 Å². The van der Waals surface area contributed by atoms with Crippen molar-refractivity contribution in [2.75, 3.05) is 6.61 Å². The van der Waals surface area contributed by atoms with Gasteiger partial charge in [-0.2, -0.15) is 0 Å². The maximum absolute atomic E-state index is 12.3. The minimum atomic E-state index is -0.210. The van der Waals surface area contributed by atoms with Crippen molar-refractivity contribution in [2.45, 2.75) is 32.9 Å². The largest absolute Gasteiger partial charge is 0.494 e. The van der Waals surface area contributed by atoms with Crippen LogP contribution in [0.2, 0.25) is 5.02 Å². The fraction of sp³-hybridized carbons (Fsp3) is 0.316. The van der Waals surface area contributed by atoms with Crippen LogP contribution in [-0.2, 0) is 13.0 Å². The first-order valence-electron chi connectivity index (χ1n) is 8.06. The highest BCUT2D eigenvalue weighted by atomic mass is 35.5. The Kier molecular flexibility index (Phi) is 4.95. The maximum atomic E-state index is 12.3. The molecule has 1 aliphatic heterocycles. The van der Waals surface area contributed by atoms with Crippen LogP contribution in [0.25, 0.3) is 0 Å². The summed E-state index contributed by atoms with van der Waals surface area (Å²) in [6.45, 7) is 4.91. The normalized spacial score (nSPS) is 15.5. The van der Waals surface area contributed by atoms with Crippen molar-refractivity contribution >= 4 is 17.5 Å². The Morgan fingerprint density at radius 2 is 2.17 bits per heavy atom. The molecule has 2 aromatic carbocycles. The van der Waals surface area contributed by atoms with E-state index in [9.17, 15) is 4.79 Å². The molecule has 0 aromatic heterocycles. The zero-order valence-corrected chi connectivity index (χ0v) is 14.5. The first-order chi connectivity index (χ1) is 11.6. The van der Waals surface area contributed by atoms with Gasteiger partial charge in [0.15, 0.2) is 0 Å². The summed E-state index contributed by atoms with van der Waals surface area (Å²) in [6, 6.07) is 11.0. The zero-order chi connectivity index (χ0) is 17.1. The minimum absolute atomic E-state index is 0.169. The molecule has 4 nitrogen and oxygen atoms in total. The lowest BCUT2D eigenvalue weighted by Crippen LogP contribution is -2.23. The van der Waals surface area contributed by atoms with Crippen molar-refractivity contribution in [3.05, 3.63) is 58.1 Å².